The fraction of sp³-hybridized carbons (Fsp3) is 0.538. The van der Waals surface area contributed by atoms with Gasteiger partial charge >= 0.3 is 0 Å². The molecule has 2 rings (SSSR count). The Morgan fingerprint density at radius 1 is 1.18 bits per heavy atom. The topological polar surface area (TPSA) is 15.3 Å². The molecule has 1 aliphatic heterocycles. The van der Waals surface area contributed by atoms with E-state index < -0.39 is 11.6 Å². The Morgan fingerprint density at radius 2 is 1.76 bits per heavy atom. The van der Waals surface area contributed by atoms with E-state index in [9.17, 15) is 8.78 Å². The molecule has 0 aromatic heterocycles. The molecule has 1 aromatic carbocycles. The highest BCUT2D eigenvalue weighted by Crippen LogP contribution is 2.27. The van der Waals surface area contributed by atoms with E-state index in [2.05, 4.69) is 5.32 Å². The minimum Gasteiger partial charge on any atom is -0.367 e. The minimum absolute atomic E-state index is 0.141. The molecule has 0 atom stereocenters. The first-order chi connectivity index (χ1) is 8.22. The van der Waals surface area contributed by atoms with Crippen molar-refractivity contribution < 1.29 is 8.78 Å². The van der Waals surface area contributed by atoms with Crippen LogP contribution in [0.4, 0.5) is 14.5 Å². The number of halogens is 2. The molecule has 1 aromatic rings. The molecular weight excluding hydrogens is 222 g/mol. The first kappa shape index (κ1) is 12.3. The fourth-order valence-corrected chi connectivity index (χ4v) is 2.23. The smallest absolute Gasteiger partial charge is 0.149 e. The van der Waals surface area contributed by atoms with Gasteiger partial charge < -0.3 is 10.2 Å². The Labute approximate surface area is 101 Å². The molecule has 94 valence electrons. The second-order valence-corrected chi connectivity index (χ2v) is 4.38. The Bertz CT molecular complexity index is 364. The van der Waals surface area contributed by atoms with Gasteiger partial charge in [-0.15, -0.1) is 0 Å². The predicted molar refractivity (Wildman–Crippen MR) is 65.2 cm³/mol. The summed E-state index contributed by atoms with van der Waals surface area (Å²) in [5.74, 6) is -0.889. The number of hydrogen-bond donors (Lipinski definition) is 1. The van der Waals surface area contributed by atoms with Gasteiger partial charge in [-0.05, 0) is 37.1 Å². The quantitative estimate of drug-likeness (QED) is 0.870. The Balaban J connectivity index is 2.22. The average molecular weight is 240 g/mol. The highest BCUT2D eigenvalue weighted by atomic mass is 19.1. The van der Waals surface area contributed by atoms with Crippen molar-refractivity contribution >= 4 is 5.69 Å². The molecular formula is C13H18F2N2. The van der Waals surface area contributed by atoms with Crippen LogP contribution in [-0.2, 0) is 6.54 Å². The monoisotopic (exact) mass is 240 g/mol. The van der Waals surface area contributed by atoms with E-state index in [1.807, 2.05) is 6.92 Å². The number of nitrogens with one attached hydrogen (secondary N) is 1. The molecule has 1 heterocycles. The number of hydrogen-bond acceptors (Lipinski definition) is 2. The van der Waals surface area contributed by atoms with Gasteiger partial charge in [0.1, 0.15) is 17.3 Å². The molecule has 1 fully saturated rings. The van der Waals surface area contributed by atoms with E-state index in [-0.39, 0.29) is 5.69 Å². The van der Waals surface area contributed by atoms with Gasteiger partial charge in [-0.2, -0.15) is 0 Å². The number of nitrogens with zero attached hydrogens (tertiary/aromatic N) is 1. The minimum atomic E-state index is -0.445. The van der Waals surface area contributed by atoms with Crippen molar-refractivity contribution in [2.24, 2.45) is 0 Å². The molecule has 2 nitrogen and oxygen atoms in total. The lowest BCUT2D eigenvalue weighted by Gasteiger charge is -2.19. The largest absolute Gasteiger partial charge is 0.367 e. The van der Waals surface area contributed by atoms with Crippen molar-refractivity contribution in [3.63, 3.8) is 0 Å². The van der Waals surface area contributed by atoms with Gasteiger partial charge in [0.05, 0.1) is 0 Å². The van der Waals surface area contributed by atoms with Crippen LogP contribution in [0.25, 0.3) is 0 Å². The van der Waals surface area contributed by atoms with Crippen LogP contribution >= 0.6 is 0 Å². The summed E-state index contributed by atoms with van der Waals surface area (Å²) in [6, 6.07) is 2.86. The molecule has 17 heavy (non-hydrogen) atoms. The van der Waals surface area contributed by atoms with Gasteiger partial charge in [0, 0.05) is 19.6 Å². The van der Waals surface area contributed by atoms with Crippen LogP contribution in [0.1, 0.15) is 25.3 Å². The SMILES string of the molecule is CCNCc1cc(F)c(N2CCCC2)c(F)c1. The van der Waals surface area contributed by atoms with Crippen molar-refractivity contribution in [3.05, 3.63) is 29.3 Å². The van der Waals surface area contributed by atoms with Gasteiger partial charge in [0.2, 0.25) is 0 Å². The van der Waals surface area contributed by atoms with Gasteiger partial charge in [0.25, 0.3) is 0 Å². The second-order valence-electron chi connectivity index (χ2n) is 4.38. The van der Waals surface area contributed by atoms with E-state index in [1.165, 1.54) is 12.1 Å². The lowest BCUT2D eigenvalue weighted by atomic mass is 10.1. The third-order valence-electron chi connectivity index (χ3n) is 3.08. The summed E-state index contributed by atoms with van der Waals surface area (Å²) in [6.45, 7) is 4.76. The molecule has 0 amide bonds. The zero-order valence-electron chi connectivity index (χ0n) is 10.1. The standard InChI is InChI=1S/C13H18F2N2/c1-2-16-9-10-7-11(14)13(12(15)8-10)17-5-3-4-6-17/h7-8,16H,2-6,9H2,1H3. The van der Waals surface area contributed by atoms with E-state index in [0.29, 0.717) is 12.1 Å². The molecule has 0 spiro atoms. The Kier molecular flexibility index (Phi) is 3.94. The lowest BCUT2D eigenvalue weighted by Crippen LogP contribution is -2.21. The molecule has 0 unspecified atom stereocenters. The third-order valence-corrected chi connectivity index (χ3v) is 3.08. The van der Waals surface area contributed by atoms with Gasteiger partial charge in [-0.25, -0.2) is 8.78 Å². The molecule has 0 bridgehead atoms. The van der Waals surface area contributed by atoms with E-state index in [4.69, 9.17) is 0 Å². The molecule has 0 aliphatic carbocycles. The predicted octanol–water partition coefficient (Wildman–Crippen LogP) is 2.67. The summed E-state index contributed by atoms with van der Waals surface area (Å²) in [6.07, 6.45) is 2.02. The van der Waals surface area contributed by atoms with Crippen LogP contribution in [-0.4, -0.2) is 19.6 Å². The van der Waals surface area contributed by atoms with Crippen molar-refractivity contribution in [2.75, 3.05) is 24.5 Å². The van der Waals surface area contributed by atoms with Crippen molar-refractivity contribution in [1.29, 1.82) is 0 Å². The second kappa shape index (κ2) is 5.45. The van der Waals surface area contributed by atoms with Gasteiger partial charge in [-0.3, -0.25) is 0 Å². The van der Waals surface area contributed by atoms with Gasteiger partial charge in [0.15, 0.2) is 0 Å². The first-order valence-corrected chi connectivity index (χ1v) is 6.16. The lowest BCUT2D eigenvalue weighted by molar-refractivity contribution is 0.571. The van der Waals surface area contributed by atoms with Crippen molar-refractivity contribution in [2.45, 2.75) is 26.3 Å². The summed E-state index contributed by atoms with van der Waals surface area (Å²) >= 11 is 0. The average Bonchev–Trinajstić information content (AvgIpc) is 2.79. The maximum atomic E-state index is 13.9. The van der Waals surface area contributed by atoms with Crippen LogP contribution in [0, 0.1) is 11.6 Å². The number of benzene rings is 1. The summed E-state index contributed by atoms with van der Waals surface area (Å²) in [7, 11) is 0. The van der Waals surface area contributed by atoms with Crippen LogP contribution in [0.5, 0.6) is 0 Å². The number of rotatable bonds is 4. The highest BCUT2D eigenvalue weighted by molar-refractivity contribution is 5.51. The molecule has 0 saturated carbocycles. The maximum Gasteiger partial charge on any atom is 0.149 e. The molecule has 1 aliphatic rings. The highest BCUT2D eigenvalue weighted by Gasteiger charge is 2.20. The van der Waals surface area contributed by atoms with Gasteiger partial charge in [-0.1, -0.05) is 6.92 Å². The number of anilines is 1. The van der Waals surface area contributed by atoms with Crippen LogP contribution in [0.2, 0.25) is 0 Å². The Morgan fingerprint density at radius 3 is 2.29 bits per heavy atom. The normalized spacial score (nSPS) is 15.6. The zero-order chi connectivity index (χ0) is 12.3. The van der Waals surface area contributed by atoms with E-state index in [0.717, 1.165) is 32.5 Å². The van der Waals surface area contributed by atoms with Crippen molar-refractivity contribution in [3.8, 4) is 0 Å². The summed E-state index contributed by atoms with van der Waals surface area (Å²) in [5.41, 5.74) is 0.799. The fourth-order valence-electron chi connectivity index (χ4n) is 2.23. The molecule has 4 heteroatoms. The van der Waals surface area contributed by atoms with E-state index in [1.54, 1.807) is 4.90 Å². The van der Waals surface area contributed by atoms with Crippen LogP contribution in [0.3, 0.4) is 0 Å². The summed E-state index contributed by atoms with van der Waals surface area (Å²) < 4.78 is 27.8. The Hall–Kier alpha value is -1.16. The first-order valence-electron chi connectivity index (χ1n) is 6.16. The van der Waals surface area contributed by atoms with Crippen LogP contribution in [0.15, 0.2) is 12.1 Å². The zero-order valence-corrected chi connectivity index (χ0v) is 10.1. The van der Waals surface area contributed by atoms with Crippen molar-refractivity contribution in [1.82, 2.24) is 5.32 Å². The summed E-state index contributed by atoms with van der Waals surface area (Å²) in [4.78, 5) is 1.79. The third kappa shape index (κ3) is 2.75. The maximum absolute atomic E-state index is 13.9. The molecule has 0 radical (unpaired) electrons. The van der Waals surface area contributed by atoms with Crippen LogP contribution < -0.4 is 10.2 Å². The molecule has 1 saturated heterocycles. The summed E-state index contributed by atoms with van der Waals surface area (Å²) in [5, 5.41) is 3.06. The molecule has 1 N–H and O–H groups in total. The van der Waals surface area contributed by atoms with E-state index >= 15 is 0 Å².